The van der Waals surface area contributed by atoms with Crippen LogP contribution < -0.4 is 5.73 Å². The number of aromatic nitrogens is 4. The molecule has 22 heavy (non-hydrogen) atoms. The third-order valence-corrected chi connectivity index (χ3v) is 4.15. The molecule has 0 bridgehead atoms. The van der Waals surface area contributed by atoms with Gasteiger partial charge in [0.25, 0.3) is 0 Å². The van der Waals surface area contributed by atoms with E-state index in [9.17, 15) is 13.2 Å². The van der Waals surface area contributed by atoms with Crippen LogP contribution in [0.1, 0.15) is 5.56 Å². The van der Waals surface area contributed by atoms with Gasteiger partial charge < -0.3 is 10.7 Å². The molecule has 5 nitrogen and oxygen atoms in total. The van der Waals surface area contributed by atoms with Crippen LogP contribution in [0.2, 0.25) is 5.02 Å². The lowest BCUT2D eigenvalue weighted by molar-refractivity contribution is -0.137. The van der Waals surface area contributed by atoms with E-state index in [0.717, 1.165) is 23.9 Å². The van der Waals surface area contributed by atoms with Crippen LogP contribution in [0.25, 0.3) is 11.2 Å². The van der Waals surface area contributed by atoms with E-state index in [1.807, 2.05) is 0 Å². The number of nitrogens with one attached hydrogen (secondary N) is 1. The van der Waals surface area contributed by atoms with Crippen molar-refractivity contribution in [3.05, 3.63) is 35.1 Å². The number of nitrogens with two attached hydrogens (primary N) is 1. The maximum absolute atomic E-state index is 12.7. The largest absolute Gasteiger partial charge is 0.416 e. The lowest BCUT2D eigenvalue weighted by atomic mass is 10.2. The van der Waals surface area contributed by atoms with Gasteiger partial charge in [0.15, 0.2) is 16.6 Å². The molecular weight excluding hydrogens is 339 g/mol. The minimum atomic E-state index is -4.44. The zero-order valence-corrected chi connectivity index (χ0v) is 12.2. The summed E-state index contributed by atoms with van der Waals surface area (Å²) in [6.45, 7) is 0. The summed E-state index contributed by atoms with van der Waals surface area (Å²) in [7, 11) is 0. The van der Waals surface area contributed by atoms with E-state index in [1.54, 1.807) is 0 Å². The molecule has 0 saturated carbocycles. The number of hydrogen-bond donors (Lipinski definition) is 2. The molecule has 2 heterocycles. The van der Waals surface area contributed by atoms with Crippen LogP contribution in [0, 0.1) is 0 Å². The van der Waals surface area contributed by atoms with Crippen molar-refractivity contribution in [3.8, 4) is 0 Å². The van der Waals surface area contributed by atoms with Gasteiger partial charge in [-0.3, -0.25) is 0 Å². The van der Waals surface area contributed by atoms with Gasteiger partial charge in [0, 0.05) is 4.90 Å². The number of alkyl halides is 3. The minimum Gasteiger partial charge on any atom is -0.382 e. The number of nitrogen functional groups attached to an aromatic ring is 1. The standard InChI is InChI=1S/C12H7ClF3N5S/c13-6-2-1-5(12(14,15)16)3-7(6)22-11-20-8-9(17)18-4-19-10(8)21-11/h1-4H,(H3,17,18,19,20,21). The van der Waals surface area contributed by atoms with Crippen molar-refractivity contribution in [2.45, 2.75) is 16.2 Å². The molecule has 114 valence electrons. The van der Waals surface area contributed by atoms with Crippen molar-refractivity contribution in [1.82, 2.24) is 19.9 Å². The molecule has 0 unspecified atom stereocenters. The monoisotopic (exact) mass is 345 g/mol. The molecule has 3 N–H and O–H groups in total. The molecule has 0 amide bonds. The normalized spacial score (nSPS) is 12.0. The lowest BCUT2D eigenvalue weighted by Gasteiger charge is -2.09. The number of rotatable bonds is 2. The van der Waals surface area contributed by atoms with E-state index in [1.165, 1.54) is 12.4 Å². The van der Waals surface area contributed by atoms with Crippen molar-refractivity contribution < 1.29 is 13.2 Å². The molecule has 0 fully saturated rings. The summed E-state index contributed by atoms with van der Waals surface area (Å²) in [5, 5.41) is 0.515. The van der Waals surface area contributed by atoms with Gasteiger partial charge in [-0.05, 0) is 18.2 Å². The quantitative estimate of drug-likeness (QED) is 0.739. The molecule has 3 aromatic rings. The molecule has 0 spiro atoms. The smallest absolute Gasteiger partial charge is 0.382 e. The van der Waals surface area contributed by atoms with Crippen LogP contribution in [0.5, 0.6) is 0 Å². The fourth-order valence-corrected chi connectivity index (χ4v) is 2.81. The Labute approximate surface area is 131 Å². The fraction of sp³-hybridized carbons (Fsp3) is 0.0833. The first kappa shape index (κ1) is 14.9. The predicted octanol–water partition coefficient (Wildman–Crippen LogP) is 3.76. The first-order valence-electron chi connectivity index (χ1n) is 5.85. The molecule has 0 atom stereocenters. The van der Waals surface area contributed by atoms with E-state index < -0.39 is 11.7 Å². The summed E-state index contributed by atoms with van der Waals surface area (Å²) in [6.07, 6.45) is -3.19. The predicted molar refractivity (Wildman–Crippen MR) is 76.7 cm³/mol. The highest BCUT2D eigenvalue weighted by Gasteiger charge is 2.31. The van der Waals surface area contributed by atoms with Gasteiger partial charge in [0.2, 0.25) is 0 Å². The van der Waals surface area contributed by atoms with Crippen LogP contribution in [0.15, 0.2) is 34.6 Å². The summed E-state index contributed by atoms with van der Waals surface area (Å²) >= 11 is 6.90. The highest BCUT2D eigenvalue weighted by atomic mass is 35.5. The summed E-state index contributed by atoms with van der Waals surface area (Å²) < 4.78 is 38.2. The van der Waals surface area contributed by atoms with Crippen LogP contribution in [-0.2, 0) is 6.18 Å². The van der Waals surface area contributed by atoms with Gasteiger partial charge in [-0.15, -0.1) is 0 Å². The third kappa shape index (κ3) is 2.81. The van der Waals surface area contributed by atoms with Crippen molar-refractivity contribution >= 4 is 40.3 Å². The molecule has 0 aliphatic carbocycles. The lowest BCUT2D eigenvalue weighted by Crippen LogP contribution is -2.04. The van der Waals surface area contributed by atoms with Crippen LogP contribution in [-0.4, -0.2) is 19.9 Å². The average Bonchev–Trinajstić information content (AvgIpc) is 2.84. The highest BCUT2D eigenvalue weighted by molar-refractivity contribution is 7.99. The van der Waals surface area contributed by atoms with Crippen LogP contribution in [0.3, 0.4) is 0 Å². The molecular formula is C12H7ClF3N5S. The summed E-state index contributed by atoms with van der Waals surface area (Å²) in [5.74, 6) is 0.208. The fourth-order valence-electron chi connectivity index (χ4n) is 1.74. The molecule has 0 radical (unpaired) electrons. The van der Waals surface area contributed by atoms with Crippen molar-refractivity contribution in [2.75, 3.05) is 5.73 Å². The first-order valence-corrected chi connectivity index (χ1v) is 7.05. The number of anilines is 1. The van der Waals surface area contributed by atoms with Crippen LogP contribution >= 0.6 is 23.4 Å². The Morgan fingerprint density at radius 1 is 1.23 bits per heavy atom. The van der Waals surface area contributed by atoms with E-state index in [-0.39, 0.29) is 15.7 Å². The number of nitrogens with zero attached hydrogens (tertiary/aromatic N) is 3. The number of aromatic amines is 1. The molecule has 1 aromatic carbocycles. The Kier molecular flexibility index (Phi) is 3.61. The van der Waals surface area contributed by atoms with Gasteiger partial charge in [-0.2, -0.15) is 13.2 Å². The van der Waals surface area contributed by atoms with Crippen molar-refractivity contribution in [2.24, 2.45) is 0 Å². The van der Waals surface area contributed by atoms with E-state index in [2.05, 4.69) is 19.9 Å². The molecule has 2 aromatic heterocycles. The SMILES string of the molecule is Nc1ncnc2nc(Sc3cc(C(F)(F)F)ccc3Cl)[nH]c12. The van der Waals surface area contributed by atoms with E-state index in [0.29, 0.717) is 16.3 Å². The number of imidazole rings is 1. The number of benzene rings is 1. The maximum Gasteiger partial charge on any atom is 0.416 e. The van der Waals surface area contributed by atoms with Gasteiger partial charge in [0.05, 0.1) is 10.6 Å². The van der Waals surface area contributed by atoms with E-state index >= 15 is 0 Å². The first-order chi connectivity index (χ1) is 10.3. The summed E-state index contributed by atoms with van der Waals surface area (Å²) in [5.41, 5.74) is 5.64. The maximum atomic E-state index is 12.7. The molecule has 10 heteroatoms. The number of hydrogen-bond acceptors (Lipinski definition) is 5. The van der Waals surface area contributed by atoms with E-state index in [4.69, 9.17) is 17.3 Å². The second-order valence-corrected chi connectivity index (χ2v) is 5.68. The second kappa shape index (κ2) is 5.33. The number of H-pyrrole nitrogens is 1. The third-order valence-electron chi connectivity index (χ3n) is 2.76. The summed E-state index contributed by atoms with van der Waals surface area (Å²) in [4.78, 5) is 14.9. The number of fused-ring (bicyclic) bond motifs is 1. The molecule has 0 saturated heterocycles. The Morgan fingerprint density at radius 2 is 2.00 bits per heavy atom. The Bertz CT molecular complexity index is 848. The van der Waals surface area contributed by atoms with Crippen molar-refractivity contribution in [1.29, 1.82) is 0 Å². The zero-order chi connectivity index (χ0) is 15.9. The van der Waals surface area contributed by atoms with Crippen LogP contribution in [0.4, 0.5) is 19.0 Å². The Morgan fingerprint density at radius 3 is 2.68 bits per heavy atom. The molecule has 0 aliphatic heterocycles. The van der Waals surface area contributed by atoms with Gasteiger partial charge in [-0.1, -0.05) is 23.4 Å². The Hall–Kier alpha value is -2.00. The van der Waals surface area contributed by atoms with Crippen molar-refractivity contribution in [3.63, 3.8) is 0 Å². The van der Waals surface area contributed by atoms with Gasteiger partial charge >= 0.3 is 6.18 Å². The molecule has 0 aliphatic rings. The average molecular weight is 346 g/mol. The second-order valence-electron chi connectivity index (χ2n) is 4.24. The Balaban J connectivity index is 1.99. The topological polar surface area (TPSA) is 80.5 Å². The van der Waals surface area contributed by atoms with Gasteiger partial charge in [-0.25, -0.2) is 15.0 Å². The number of halogens is 4. The zero-order valence-electron chi connectivity index (χ0n) is 10.6. The minimum absolute atomic E-state index is 0.192. The molecule has 3 rings (SSSR count). The highest BCUT2D eigenvalue weighted by Crippen LogP contribution is 2.38. The summed E-state index contributed by atoms with van der Waals surface area (Å²) in [6, 6.07) is 3.09. The van der Waals surface area contributed by atoms with Gasteiger partial charge in [0.1, 0.15) is 11.8 Å².